The molecule has 2 aromatic rings. The molecule has 2 N–H and O–H groups in total. The number of pyridine rings is 2. The number of nitrogens with zero attached hydrogens (tertiary/aromatic N) is 2. The maximum atomic E-state index is 12.4. The van der Waals surface area contributed by atoms with E-state index in [0.29, 0.717) is 18.7 Å². The van der Waals surface area contributed by atoms with Gasteiger partial charge in [-0.25, -0.2) is 4.98 Å². The molecule has 1 amide bonds. The number of aromatic nitrogens is 2. The quantitative estimate of drug-likeness (QED) is 0.812. The van der Waals surface area contributed by atoms with Crippen LogP contribution in [-0.2, 0) is 11.3 Å². The van der Waals surface area contributed by atoms with Crippen molar-refractivity contribution in [2.75, 3.05) is 7.11 Å². The number of aliphatic hydroxyl groups excluding tert-OH is 1. The van der Waals surface area contributed by atoms with Crippen molar-refractivity contribution in [2.24, 2.45) is 5.92 Å². The Morgan fingerprint density at radius 2 is 2.20 bits per heavy atom. The third-order valence-electron chi connectivity index (χ3n) is 4.48. The number of hydrogen-bond acceptors (Lipinski definition) is 5. The normalized spacial score (nSPS) is 20.4. The van der Waals surface area contributed by atoms with Crippen molar-refractivity contribution >= 4 is 5.91 Å². The second kappa shape index (κ2) is 7.48. The zero-order valence-electron chi connectivity index (χ0n) is 14.0. The molecule has 2 aromatic heterocycles. The van der Waals surface area contributed by atoms with Gasteiger partial charge in [-0.3, -0.25) is 9.59 Å². The van der Waals surface area contributed by atoms with Gasteiger partial charge < -0.3 is 19.7 Å². The van der Waals surface area contributed by atoms with Gasteiger partial charge in [0.2, 0.25) is 11.8 Å². The molecule has 132 valence electrons. The Kier molecular flexibility index (Phi) is 5.14. The van der Waals surface area contributed by atoms with E-state index in [1.807, 2.05) is 6.07 Å². The van der Waals surface area contributed by atoms with Crippen LogP contribution in [0.2, 0.25) is 0 Å². The van der Waals surface area contributed by atoms with Crippen LogP contribution in [0.4, 0.5) is 0 Å². The van der Waals surface area contributed by atoms with Crippen LogP contribution in [0.5, 0.6) is 5.88 Å². The van der Waals surface area contributed by atoms with Gasteiger partial charge in [0.1, 0.15) is 6.54 Å². The van der Waals surface area contributed by atoms with Gasteiger partial charge in [0.15, 0.2) is 0 Å². The lowest BCUT2D eigenvalue weighted by Crippen LogP contribution is -2.43. The van der Waals surface area contributed by atoms with Crippen molar-refractivity contribution in [2.45, 2.75) is 31.5 Å². The molecule has 1 saturated carbocycles. The third-order valence-corrected chi connectivity index (χ3v) is 4.48. The lowest BCUT2D eigenvalue weighted by Gasteiger charge is -2.38. The number of rotatable bonds is 6. The Bertz CT molecular complexity index is 781. The highest BCUT2D eigenvalue weighted by molar-refractivity contribution is 5.76. The molecule has 0 spiro atoms. The molecule has 3 rings (SSSR count). The molecule has 1 aliphatic rings. The first-order chi connectivity index (χ1) is 12.1. The zero-order valence-corrected chi connectivity index (χ0v) is 14.0. The van der Waals surface area contributed by atoms with Crippen molar-refractivity contribution in [1.82, 2.24) is 14.9 Å². The van der Waals surface area contributed by atoms with Crippen LogP contribution in [0.25, 0.3) is 0 Å². The van der Waals surface area contributed by atoms with Crippen molar-refractivity contribution < 1.29 is 14.6 Å². The molecule has 1 fully saturated rings. The molecule has 2 heterocycles. The maximum Gasteiger partial charge on any atom is 0.250 e. The fourth-order valence-corrected chi connectivity index (χ4v) is 3.04. The minimum absolute atomic E-state index is 0.0466. The largest absolute Gasteiger partial charge is 0.481 e. The van der Waals surface area contributed by atoms with E-state index >= 15 is 0 Å². The smallest absolute Gasteiger partial charge is 0.250 e. The van der Waals surface area contributed by atoms with E-state index in [1.165, 1.54) is 10.6 Å². The average Bonchev–Trinajstić information content (AvgIpc) is 2.59. The molecule has 1 aliphatic carbocycles. The Morgan fingerprint density at radius 1 is 1.40 bits per heavy atom. The first kappa shape index (κ1) is 17.2. The minimum Gasteiger partial charge on any atom is -0.481 e. The minimum atomic E-state index is -0.327. The van der Waals surface area contributed by atoms with Crippen molar-refractivity contribution in [1.29, 1.82) is 0 Å². The zero-order chi connectivity index (χ0) is 17.8. The highest BCUT2D eigenvalue weighted by Gasteiger charge is 2.35. The summed E-state index contributed by atoms with van der Waals surface area (Å²) < 4.78 is 6.42. The number of nitrogens with one attached hydrogen (secondary N) is 1. The number of hydrogen-bond donors (Lipinski definition) is 2. The molecule has 1 atom stereocenters. The lowest BCUT2D eigenvalue weighted by atomic mass is 9.75. The van der Waals surface area contributed by atoms with Crippen LogP contribution in [0.15, 0.2) is 47.5 Å². The SMILES string of the molecule is COc1ccc(C(NC(=O)Cn2ccccc2=O)C2CC(O)C2)cn1. The van der Waals surface area contributed by atoms with Crippen LogP contribution >= 0.6 is 0 Å². The monoisotopic (exact) mass is 343 g/mol. The highest BCUT2D eigenvalue weighted by atomic mass is 16.5. The molecule has 7 nitrogen and oxygen atoms in total. The van der Waals surface area contributed by atoms with Crippen LogP contribution in [0, 0.1) is 5.92 Å². The first-order valence-corrected chi connectivity index (χ1v) is 8.19. The predicted molar refractivity (Wildman–Crippen MR) is 91.1 cm³/mol. The number of ether oxygens (including phenoxy) is 1. The summed E-state index contributed by atoms with van der Waals surface area (Å²) in [7, 11) is 1.54. The third kappa shape index (κ3) is 4.06. The molecule has 1 unspecified atom stereocenters. The summed E-state index contributed by atoms with van der Waals surface area (Å²) in [6, 6.07) is 8.11. The molecule has 25 heavy (non-hydrogen) atoms. The van der Waals surface area contributed by atoms with E-state index in [1.54, 1.807) is 37.7 Å². The van der Waals surface area contributed by atoms with Crippen LogP contribution in [0.3, 0.4) is 0 Å². The summed E-state index contributed by atoms with van der Waals surface area (Å²) in [6.45, 7) is -0.0466. The predicted octanol–water partition coefficient (Wildman–Crippen LogP) is 0.880. The van der Waals surface area contributed by atoms with Gasteiger partial charge in [0.05, 0.1) is 19.3 Å². The molecule has 0 radical (unpaired) electrons. The average molecular weight is 343 g/mol. The highest BCUT2D eigenvalue weighted by Crippen LogP contribution is 2.38. The molecular weight excluding hydrogens is 322 g/mol. The molecule has 7 heteroatoms. The number of carbonyl (C=O) groups is 1. The van der Waals surface area contributed by atoms with Gasteiger partial charge in [-0.05, 0) is 30.4 Å². The van der Waals surface area contributed by atoms with Crippen LogP contribution in [-0.4, -0.2) is 33.8 Å². The Morgan fingerprint density at radius 3 is 2.80 bits per heavy atom. The number of methoxy groups -OCH3 is 1. The van der Waals surface area contributed by atoms with Gasteiger partial charge in [-0.1, -0.05) is 12.1 Å². The topological polar surface area (TPSA) is 93.5 Å². The van der Waals surface area contributed by atoms with Gasteiger partial charge in [-0.15, -0.1) is 0 Å². The van der Waals surface area contributed by atoms with Gasteiger partial charge in [-0.2, -0.15) is 0 Å². The van der Waals surface area contributed by atoms with Gasteiger partial charge in [0.25, 0.3) is 5.56 Å². The van der Waals surface area contributed by atoms with E-state index in [-0.39, 0.29) is 36.1 Å². The van der Waals surface area contributed by atoms with Crippen LogP contribution in [0.1, 0.15) is 24.4 Å². The summed E-state index contributed by atoms with van der Waals surface area (Å²) in [6.07, 6.45) is 4.18. The van der Waals surface area contributed by atoms with Crippen LogP contribution < -0.4 is 15.6 Å². The van der Waals surface area contributed by atoms with Crippen molar-refractivity contribution in [3.05, 3.63) is 58.6 Å². The fourth-order valence-electron chi connectivity index (χ4n) is 3.04. The second-order valence-electron chi connectivity index (χ2n) is 6.23. The molecular formula is C18H21N3O4. The molecule has 0 aliphatic heterocycles. The maximum absolute atomic E-state index is 12.4. The molecule has 0 bridgehead atoms. The fraction of sp³-hybridized carbons (Fsp3) is 0.389. The lowest BCUT2D eigenvalue weighted by molar-refractivity contribution is -0.123. The van der Waals surface area contributed by atoms with Crippen molar-refractivity contribution in [3.8, 4) is 5.88 Å². The van der Waals surface area contributed by atoms with E-state index in [2.05, 4.69) is 10.3 Å². The first-order valence-electron chi connectivity index (χ1n) is 8.19. The van der Waals surface area contributed by atoms with E-state index in [4.69, 9.17) is 4.74 Å². The molecule has 0 aromatic carbocycles. The Labute approximate surface area is 145 Å². The number of amides is 1. The van der Waals surface area contributed by atoms with E-state index in [9.17, 15) is 14.7 Å². The van der Waals surface area contributed by atoms with E-state index < -0.39 is 0 Å². The summed E-state index contributed by atoms with van der Waals surface area (Å²) >= 11 is 0. The number of carbonyl (C=O) groups excluding carboxylic acids is 1. The van der Waals surface area contributed by atoms with Gasteiger partial charge in [0, 0.05) is 24.5 Å². The summed E-state index contributed by atoms with van der Waals surface area (Å²) in [4.78, 5) is 28.4. The number of aliphatic hydroxyl groups is 1. The molecule has 0 saturated heterocycles. The second-order valence-corrected chi connectivity index (χ2v) is 6.23. The summed E-state index contributed by atoms with van der Waals surface area (Å²) in [5.41, 5.74) is 0.630. The summed E-state index contributed by atoms with van der Waals surface area (Å²) in [5.74, 6) is 0.385. The Balaban J connectivity index is 1.74. The van der Waals surface area contributed by atoms with E-state index in [0.717, 1.165) is 5.56 Å². The standard InChI is InChI=1S/C18H21N3O4/c1-25-16-6-5-12(10-19-16)18(13-8-14(22)9-13)20-15(23)11-21-7-3-2-4-17(21)24/h2-7,10,13-14,18,22H,8-9,11H2,1H3,(H,20,23). The van der Waals surface area contributed by atoms with Crippen molar-refractivity contribution in [3.63, 3.8) is 0 Å². The summed E-state index contributed by atoms with van der Waals surface area (Å²) in [5, 5.41) is 12.6. The van der Waals surface area contributed by atoms with Gasteiger partial charge >= 0.3 is 0 Å². The Hall–Kier alpha value is -2.67.